The zero-order valence-electron chi connectivity index (χ0n) is 17.3. The van der Waals surface area contributed by atoms with Gasteiger partial charge in [-0.3, -0.25) is 9.69 Å². The van der Waals surface area contributed by atoms with Crippen molar-refractivity contribution in [2.24, 2.45) is 0 Å². The number of carbonyl (C=O) groups excluding carboxylic acids is 1. The third kappa shape index (κ3) is 4.53. The molecule has 160 valence electrons. The monoisotopic (exact) mass is 474 g/mol. The molecule has 4 aromatic rings. The first-order chi connectivity index (χ1) is 14.8. The number of benzene rings is 1. The highest BCUT2D eigenvalue weighted by molar-refractivity contribution is 7.98. The van der Waals surface area contributed by atoms with E-state index in [0.29, 0.717) is 32.7 Å². The van der Waals surface area contributed by atoms with Crippen LogP contribution in [-0.4, -0.2) is 21.1 Å². The number of amides is 1. The molecule has 0 bridgehead atoms. The minimum Gasteiger partial charge on any atom is -0.469 e. The van der Waals surface area contributed by atoms with E-state index in [1.54, 1.807) is 17.2 Å². The summed E-state index contributed by atoms with van der Waals surface area (Å²) in [6.07, 6.45) is 1.58. The van der Waals surface area contributed by atoms with Crippen molar-refractivity contribution < 1.29 is 13.6 Å². The Morgan fingerprint density at radius 3 is 2.74 bits per heavy atom. The lowest BCUT2D eigenvalue weighted by Gasteiger charge is -2.22. The lowest BCUT2D eigenvalue weighted by molar-refractivity contribution is -0.115. The van der Waals surface area contributed by atoms with Crippen molar-refractivity contribution in [1.82, 2.24) is 15.2 Å². The molecule has 0 saturated heterocycles. The summed E-state index contributed by atoms with van der Waals surface area (Å²) in [7, 11) is 0. The van der Waals surface area contributed by atoms with Crippen LogP contribution in [0, 0.1) is 20.8 Å². The number of hydrogen-bond acceptors (Lipinski definition) is 8. The number of hydrogen-bond donors (Lipinski definition) is 0. The molecule has 0 radical (unpaired) electrons. The summed E-state index contributed by atoms with van der Waals surface area (Å²) < 4.78 is 11.0. The number of aromatic nitrogens is 3. The van der Waals surface area contributed by atoms with Crippen LogP contribution in [0.25, 0.3) is 11.5 Å². The fourth-order valence-corrected chi connectivity index (χ4v) is 5.20. The summed E-state index contributed by atoms with van der Waals surface area (Å²) in [6, 6.07) is 5.63. The number of rotatable bonds is 6. The number of carbonyl (C=O) groups is 1. The molecule has 10 heteroatoms. The van der Waals surface area contributed by atoms with Crippen molar-refractivity contribution in [2.75, 3.05) is 4.90 Å². The molecule has 0 spiro atoms. The van der Waals surface area contributed by atoms with E-state index in [4.69, 9.17) is 20.4 Å². The molecule has 1 aromatic carbocycles. The Morgan fingerprint density at radius 1 is 1.26 bits per heavy atom. The van der Waals surface area contributed by atoms with Crippen molar-refractivity contribution in [1.29, 1.82) is 0 Å². The van der Waals surface area contributed by atoms with Crippen LogP contribution in [0.4, 0.5) is 10.8 Å². The number of nitrogens with zero attached hydrogens (tertiary/aromatic N) is 4. The van der Waals surface area contributed by atoms with Gasteiger partial charge in [0.05, 0.1) is 28.2 Å². The Morgan fingerprint density at radius 2 is 2.06 bits per heavy atom. The van der Waals surface area contributed by atoms with Crippen LogP contribution in [0.5, 0.6) is 0 Å². The third-order valence-electron chi connectivity index (χ3n) is 4.51. The summed E-state index contributed by atoms with van der Waals surface area (Å²) in [5, 5.41) is 11.6. The van der Waals surface area contributed by atoms with E-state index in [9.17, 15) is 4.79 Å². The SMILES string of the molecule is CC(=O)N(c1nc(CSc2nnc(-c3ccoc3C)o2)cs1)c1c(C)cc(C)cc1Cl. The average Bonchev–Trinajstić information content (AvgIpc) is 3.43. The molecule has 0 saturated carbocycles. The molecule has 0 unspecified atom stereocenters. The Bertz CT molecular complexity index is 1220. The van der Waals surface area contributed by atoms with Crippen molar-refractivity contribution in [3.8, 4) is 11.5 Å². The van der Waals surface area contributed by atoms with Gasteiger partial charge in [-0.05, 0) is 44.0 Å². The van der Waals surface area contributed by atoms with Crippen LogP contribution < -0.4 is 4.90 Å². The zero-order valence-corrected chi connectivity index (χ0v) is 19.7. The lowest BCUT2D eigenvalue weighted by atomic mass is 10.1. The average molecular weight is 475 g/mol. The predicted octanol–water partition coefficient (Wildman–Crippen LogP) is 6.34. The summed E-state index contributed by atoms with van der Waals surface area (Å²) in [5.41, 5.74) is 4.19. The molecule has 3 aromatic heterocycles. The van der Waals surface area contributed by atoms with Gasteiger partial charge in [-0.1, -0.05) is 29.4 Å². The Balaban J connectivity index is 1.52. The molecule has 1 amide bonds. The normalized spacial score (nSPS) is 11.1. The molecule has 0 N–H and O–H groups in total. The Hall–Kier alpha value is -2.62. The van der Waals surface area contributed by atoms with E-state index in [-0.39, 0.29) is 5.91 Å². The highest BCUT2D eigenvalue weighted by atomic mass is 35.5. The Kier molecular flexibility index (Phi) is 6.17. The molecule has 31 heavy (non-hydrogen) atoms. The van der Waals surface area contributed by atoms with Gasteiger partial charge in [0.15, 0.2) is 5.13 Å². The van der Waals surface area contributed by atoms with Gasteiger partial charge >= 0.3 is 0 Å². The summed E-state index contributed by atoms with van der Waals surface area (Å²) in [6.45, 7) is 7.24. The molecule has 0 aliphatic heterocycles. The highest BCUT2D eigenvalue weighted by Crippen LogP contribution is 2.38. The standard InChI is InChI=1S/C21H19ClN4O3S2/c1-11-7-12(2)18(17(22)8-11)26(14(4)27)20-23-15(9-30-20)10-31-21-25-24-19(29-21)16-5-6-28-13(16)3/h5-9H,10H2,1-4H3. The highest BCUT2D eigenvalue weighted by Gasteiger charge is 2.23. The van der Waals surface area contributed by atoms with Crippen LogP contribution in [0.3, 0.4) is 0 Å². The summed E-state index contributed by atoms with van der Waals surface area (Å²) in [5.74, 6) is 1.51. The van der Waals surface area contributed by atoms with Crippen LogP contribution in [-0.2, 0) is 10.5 Å². The number of anilines is 2. The first kappa shape index (κ1) is 21.6. The van der Waals surface area contributed by atoms with Crippen LogP contribution >= 0.6 is 34.7 Å². The molecular weight excluding hydrogens is 456 g/mol. The smallest absolute Gasteiger partial charge is 0.277 e. The third-order valence-corrected chi connectivity index (χ3v) is 6.52. The molecule has 0 aliphatic carbocycles. The molecular formula is C21H19ClN4O3S2. The molecule has 7 nitrogen and oxygen atoms in total. The van der Waals surface area contributed by atoms with Crippen LogP contribution in [0.2, 0.25) is 5.02 Å². The van der Waals surface area contributed by atoms with Crippen LogP contribution in [0.1, 0.15) is 29.5 Å². The molecule has 4 rings (SSSR count). The topological polar surface area (TPSA) is 85.3 Å². The maximum Gasteiger partial charge on any atom is 0.277 e. The first-order valence-electron chi connectivity index (χ1n) is 9.36. The van der Waals surface area contributed by atoms with Crippen molar-refractivity contribution in [3.63, 3.8) is 0 Å². The van der Waals surface area contributed by atoms with E-state index in [0.717, 1.165) is 28.1 Å². The number of halogens is 1. The fraction of sp³-hybridized carbons (Fsp3) is 0.238. The number of aryl methyl sites for hydroxylation is 3. The van der Waals surface area contributed by atoms with Crippen molar-refractivity contribution in [3.05, 3.63) is 57.4 Å². The van der Waals surface area contributed by atoms with Crippen LogP contribution in [0.15, 0.2) is 43.9 Å². The quantitative estimate of drug-likeness (QED) is 0.301. The number of thiazole rings is 1. The summed E-state index contributed by atoms with van der Waals surface area (Å²) >= 11 is 9.24. The minimum absolute atomic E-state index is 0.153. The van der Waals surface area contributed by atoms with Gasteiger partial charge in [-0.2, -0.15) is 0 Å². The number of furan rings is 1. The summed E-state index contributed by atoms with van der Waals surface area (Å²) in [4.78, 5) is 18.6. The van der Waals surface area contributed by atoms with Crippen molar-refractivity contribution in [2.45, 2.75) is 38.7 Å². The van der Waals surface area contributed by atoms with E-state index in [1.807, 2.05) is 38.3 Å². The fourth-order valence-electron chi connectivity index (χ4n) is 3.16. The first-order valence-corrected chi connectivity index (χ1v) is 11.6. The van der Waals surface area contributed by atoms with Gasteiger partial charge in [-0.15, -0.1) is 21.5 Å². The number of thioether (sulfide) groups is 1. The van der Waals surface area contributed by atoms with Crippen molar-refractivity contribution >= 4 is 51.4 Å². The van der Waals surface area contributed by atoms with Gasteiger partial charge in [0.1, 0.15) is 5.76 Å². The Labute approximate surface area is 192 Å². The second-order valence-corrected chi connectivity index (χ2v) is 9.11. The molecule has 0 aliphatic rings. The maximum atomic E-state index is 12.5. The van der Waals surface area contributed by atoms with E-state index in [1.165, 1.54) is 30.0 Å². The molecule has 0 fully saturated rings. The second-order valence-electron chi connectivity index (χ2n) is 6.94. The van der Waals surface area contributed by atoms with E-state index < -0.39 is 0 Å². The molecule has 3 heterocycles. The molecule has 0 atom stereocenters. The van der Waals surface area contributed by atoms with Gasteiger partial charge in [0.2, 0.25) is 5.91 Å². The predicted molar refractivity (Wildman–Crippen MR) is 122 cm³/mol. The largest absolute Gasteiger partial charge is 0.469 e. The second kappa shape index (κ2) is 8.86. The van der Waals surface area contributed by atoms with Gasteiger partial charge in [0, 0.05) is 18.1 Å². The van der Waals surface area contributed by atoms with Gasteiger partial charge in [-0.25, -0.2) is 4.98 Å². The van der Waals surface area contributed by atoms with E-state index >= 15 is 0 Å². The zero-order chi connectivity index (χ0) is 22.1. The lowest BCUT2D eigenvalue weighted by Crippen LogP contribution is -2.24. The van der Waals surface area contributed by atoms with Gasteiger partial charge in [0.25, 0.3) is 11.1 Å². The maximum absolute atomic E-state index is 12.5. The van der Waals surface area contributed by atoms with Gasteiger partial charge < -0.3 is 8.83 Å². The van der Waals surface area contributed by atoms with E-state index in [2.05, 4.69) is 15.2 Å². The minimum atomic E-state index is -0.153.